The molecule has 3 fully saturated rings. The van der Waals surface area contributed by atoms with E-state index in [0.717, 1.165) is 39.0 Å². The van der Waals surface area contributed by atoms with E-state index in [2.05, 4.69) is 11.4 Å². The maximum absolute atomic E-state index is 12.2. The third-order valence-corrected chi connectivity index (χ3v) is 4.15. The van der Waals surface area contributed by atoms with E-state index in [1.807, 2.05) is 4.90 Å². The van der Waals surface area contributed by atoms with Crippen LogP contribution >= 0.6 is 0 Å². The number of likely N-dealkylation sites (tertiary alicyclic amines) is 1. The highest BCUT2D eigenvalue weighted by molar-refractivity contribution is 5.88. The fraction of sp³-hybridized carbons (Fsp3) is 0.833. The Hall–Kier alpha value is -1.08. The van der Waals surface area contributed by atoms with Crippen LogP contribution in [0, 0.1) is 28.6 Å². The molecule has 16 heavy (non-hydrogen) atoms. The van der Waals surface area contributed by atoms with Crippen LogP contribution in [0.4, 0.5) is 0 Å². The van der Waals surface area contributed by atoms with Gasteiger partial charge in [0.25, 0.3) is 0 Å². The first-order valence-corrected chi connectivity index (χ1v) is 6.15. The zero-order chi connectivity index (χ0) is 11.2. The smallest absolute Gasteiger partial charge is 0.243 e. The number of carbonyl (C=O) groups is 1. The van der Waals surface area contributed by atoms with E-state index in [-0.39, 0.29) is 5.91 Å². The van der Waals surface area contributed by atoms with Crippen molar-refractivity contribution >= 4 is 5.91 Å². The summed E-state index contributed by atoms with van der Waals surface area (Å²) >= 11 is 0. The maximum Gasteiger partial charge on any atom is 0.243 e. The van der Waals surface area contributed by atoms with Gasteiger partial charge in [0.1, 0.15) is 5.41 Å². The Morgan fingerprint density at radius 3 is 2.44 bits per heavy atom. The number of amides is 1. The fourth-order valence-electron chi connectivity index (χ4n) is 3.07. The molecule has 0 aromatic carbocycles. The number of fused-ring (bicyclic) bond motifs is 2. The number of nitrogens with zero attached hydrogens (tertiary/aromatic N) is 2. The molecule has 4 nitrogen and oxygen atoms in total. The lowest BCUT2D eigenvalue weighted by Crippen LogP contribution is -2.54. The Labute approximate surface area is 95.6 Å². The average molecular weight is 219 g/mol. The molecule has 2 atom stereocenters. The topological polar surface area (TPSA) is 56.1 Å². The minimum atomic E-state index is -0.626. The first-order chi connectivity index (χ1) is 7.73. The minimum absolute atomic E-state index is 0.103. The Bertz CT molecular complexity index is 344. The summed E-state index contributed by atoms with van der Waals surface area (Å²) < 4.78 is 0. The fourth-order valence-corrected chi connectivity index (χ4v) is 3.07. The van der Waals surface area contributed by atoms with Crippen molar-refractivity contribution in [1.29, 1.82) is 5.26 Å². The molecule has 2 heterocycles. The normalized spacial score (nSPS) is 35.3. The van der Waals surface area contributed by atoms with Crippen molar-refractivity contribution in [3.8, 4) is 6.07 Å². The van der Waals surface area contributed by atoms with Gasteiger partial charge in [0.2, 0.25) is 5.91 Å². The van der Waals surface area contributed by atoms with Gasteiger partial charge in [0.05, 0.1) is 6.07 Å². The molecule has 3 aliphatic rings. The zero-order valence-corrected chi connectivity index (χ0v) is 9.41. The van der Waals surface area contributed by atoms with Crippen LogP contribution < -0.4 is 5.32 Å². The van der Waals surface area contributed by atoms with Gasteiger partial charge in [-0.25, -0.2) is 0 Å². The summed E-state index contributed by atoms with van der Waals surface area (Å²) in [5, 5.41) is 12.5. The first kappa shape index (κ1) is 10.1. The molecule has 2 bridgehead atoms. The number of piperidine rings is 2. The molecule has 2 unspecified atom stereocenters. The Kier molecular flexibility index (Phi) is 2.18. The number of nitrogens with one attached hydrogen (secondary N) is 1. The van der Waals surface area contributed by atoms with Crippen molar-refractivity contribution in [1.82, 2.24) is 10.2 Å². The SMILES string of the molecule is N#CC1(C(=O)N2CC3CNCC(C3)C2)CC1. The van der Waals surface area contributed by atoms with Crippen molar-refractivity contribution in [2.24, 2.45) is 17.3 Å². The molecule has 3 rings (SSSR count). The predicted octanol–water partition coefficient (Wildman–Crippen LogP) is 0.358. The maximum atomic E-state index is 12.2. The van der Waals surface area contributed by atoms with Crippen LogP contribution in [-0.4, -0.2) is 37.0 Å². The summed E-state index contributed by atoms with van der Waals surface area (Å²) in [5.74, 6) is 1.31. The largest absolute Gasteiger partial charge is 0.341 e. The van der Waals surface area contributed by atoms with Crippen molar-refractivity contribution in [2.75, 3.05) is 26.2 Å². The molecule has 2 saturated heterocycles. The Balaban J connectivity index is 1.72. The van der Waals surface area contributed by atoms with Gasteiger partial charge in [-0.15, -0.1) is 0 Å². The van der Waals surface area contributed by atoms with Crippen molar-refractivity contribution in [3.05, 3.63) is 0 Å². The van der Waals surface area contributed by atoms with E-state index in [9.17, 15) is 4.79 Å². The van der Waals surface area contributed by atoms with E-state index in [1.54, 1.807) is 0 Å². The third kappa shape index (κ3) is 1.51. The van der Waals surface area contributed by atoms with Crippen molar-refractivity contribution in [3.63, 3.8) is 0 Å². The minimum Gasteiger partial charge on any atom is -0.341 e. The highest BCUT2D eigenvalue weighted by Crippen LogP contribution is 2.47. The summed E-state index contributed by atoms with van der Waals surface area (Å²) in [6.45, 7) is 3.76. The monoisotopic (exact) mass is 219 g/mol. The molecular formula is C12H17N3O. The molecular weight excluding hydrogens is 202 g/mol. The predicted molar refractivity (Wildman–Crippen MR) is 58.3 cm³/mol. The lowest BCUT2D eigenvalue weighted by molar-refractivity contribution is -0.138. The lowest BCUT2D eigenvalue weighted by Gasteiger charge is -2.42. The van der Waals surface area contributed by atoms with E-state index in [0.29, 0.717) is 11.8 Å². The number of hydrogen-bond acceptors (Lipinski definition) is 3. The second-order valence-electron chi connectivity index (χ2n) is 5.53. The molecule has 2 aliphatic heterocycles. The number of rotatable bonds is 1. The van der Waals surface area contributed by atoms with Crippen LogP contribution in [0.2, 0.25) is 0 Å². The Morgan fingerprint density at radius 2 is 1.94 bits per heavy atom. The van der Waals surface area contributed by atoms with Crippen LogP contribution in [0.1, 0.15) is 19.3 Å². The summed E-state index contributed by atoms with van der Waals surface area (Å²) in [6, 6.07) is 2.21. The highest BCUT2D eigenvalue weighted by Gasteiger charge is 2.53. The van der Waals surface area contributed by atoms with Gasteiger partial charge in [-0.3, -0.25) is 4.79 Å². The molecule has 1 aliphatic carbocycles. The van der Waals surface area contributed by atoms with Gasteiger partial charge in [-0.05, 0) is 44.2 Å². The van der Waals surface area contributed by atoms with Crippen molar-refractivity contribution in [2.45, 2.75) is 19.3 Å². The Morgan fingerprint density at radius 1 is 1.31 bits per heavy atom. The van der Waals surface area contributed by atoms with E-state index in [1.165, 1.54) is 6.42 Å². The molecule has 0 aromatic heterocycles. The molecule has 1 amide bonds. The molecule has 1 saturated carbocycles. The van der Waals surface area contributed by atoms with Gasteiger partial charge in [-0.1, -0.05) is 0 Å². The second kappa shape index (κ2) is 3.46. The summed E-state index contributed by atoms with van der Waals surface area (Å²) in [6.07, 6.45) is 2.79. The second-order valence-corrected chi connectivity index (χ2v) is 5.53. The van der Waals surface area contributed by atoms with Crippen molar-refractivity contribution < 1.29 is 4.79 Å². The molecule has 1 N–H and O–H groups in total. The van der Waals surface area contributed by atoms with Crippen LogP contribution in [0.25, 0.3) is 0 Å². The molecule has 0 spiro atoms. The molecule has 0 aromatic rings. The molecule has 0 radical (unpaired) electrons. The van der Waals surface area contributed by atoms with Gasteiger partial charge in [0, 0.05) is 13.1 Å². The van der Waals surface area contributed by atoms with Gasteiger partial charge < -0.3 is 10.2 Å². The van der Waals surface area contributed by atoms with Crippen LogP contribution in [0.3, 0.4) is 0 Å². The lowest BCUT2D eigenvalue weighted by atomic mass is 9.85. The van der Waals surface area contributed by atoms with Crippen LogP contribution in [0.5, 0.6) is 0 Å². The van der Waals surface area contributed by atoms with Crippen LogP contribution in [0.15, 0.2) is 0 Å². The summed E-state index contributed by atoms with van der Waals surface area (Å²) in [4.78, 5) is 14.2. The summed E-state index contributed by atoms with van der Waals surface area (Å²) in [7, 11) is 0. The average Bonchev–Trinajstić information content (AvgIpc) is 3.08. The summed E-state index contributed by atoms with van der Waals surface area (Å²) in [5.41, 5.74) is -0.626. The van der Waals surface area contributed by atoms with Crippen LogP contribution in [-0.2, 0) is 4.79 Å². The standard InChI is InChI=1S/C12H17N3O/c13-8-12(1-2-12)11(16)15-6-9-3-10(7-15)5-14-4-9/h9-10,14H,1-7H2. The third-order valence-electron chi connectivity index (χ3n) is 4.15. The quantitative estimate of drug-likeness (QED) is 0.692. The zero-order valence-electron chi connectivity index (χ0n) is 9.41. The number of carbonyl (C=O) groups excluding carboxylic acids is 1. The number of nitriles is 1. The van der Waals surface area contributed by atoms with E-state index < -0.39 is 5.41 Å². The molecule has 4 heteroatoms. The van der Waals surface area contributed by atoms with E-state index >= 15 is 0 Å². The van der Waals surface area contributed by atoms with E-state index in [4.69, 9.17) is 5.26 Å². The van der Waals surface area contributed by atoms with Gasteiger partial charge in [-0.2, -0.15) is 5.26 Å². The highest BCUT2D eigenvalue weighted by atomic mass is 16.2. The molecule has 86 valence electrons. The van der Waals surface area contributed by atoms with Gasteiger partial charge in [0.15, 0.2) is 0 Å². The van der Waals surface area contributed by atoms with Gasteiger partial charge >= 0.3 is 0 Å². The number of hydrogen-bond donors (Lipinski definition) is 1. The first-order valence-electron chi connectivity index (χ1n) is 6.15.